The summed E-state index contributed by atoms with van der Waals surface area (Å²) in [6.45, 7) is 5.36. The summed E-state index contributed by atoms with van der Waals surface area (Å²) >= 11 is 1.32. The number of rotatable bonds is 3. The number of thiophene rings is 1. The summed E-state index contributed by atoms with van der Waals surface area (Å²) in [6.07, 6.45) is -0.0156. The predicted molar refractivity (Wildman–Crippen MR) is 78.3 cm³/mol. The monoisotopic (exact) mass is 292 g/mol. The Balaban J connectivity index is 2.37. The summed E-state index contributed by atoms with van der Waals surface area (Å²) in [4.78, 5) is 23.8. The van der Waals surface area contributed by atoms with Crippen LogP contribution in [0, 0.1) is 0 Å². The molecule has 0 unspecified atom stereocenters. The molecule has 1 aromatic heterocycles. The SMILES string of the molecule is CC(C)(C)OC(=O)Cc1sc2ccccc2c1C(=O)O. The van der Waals surface area contributed by atoms with Crippen LogP contribution in [0.1, 0.15) is 36.0 Å². The Morgan fingerprint density at radius 1 is 1.25 bits per heavy atom. The highest BCUT2D eigenvalue weighted by Crippen LogP contribution is 2.32. The van der Waals surface area contributed by atoms with Crippen LogP contribution in [-0.4, -0.2) is 22.6 Å². The summed E-state index contributed by atoms with van der Waals surface area (Å²) in [7, 11) is 0. The molecule has 0 saturated heterocycles. The molecule has 0 saturated carbocycles. The third-order valence-electron chi connectivity index (χ3n) is 2.61. The number of aromatic carboxylic acids is 1. The van der Waals surface area contributed by atoms with E-state index in [1.165, 1.54) is 11.3 Å². The molecule has 0 bridgehead atoms. The van der Waals surface area contributed by atoms with Crippen molar-refractivity contribution >= 4 is 33.4 Å². The lowest BCUT2D eigenvalue weighted by Gasteiger charge is -2.19. The van der Waals surface area contributed by atoms with Crippen molar-refractivity contribution in [1.82, 2.24) is 0 Å². The molecule has 4 nitrogen and oxygen atoms in total. The molecule has 5 heteroatoms. The average molecular weight is 292 g/mol. The molecule has 2 rings (SSSR count). The van der Waals surface area contributed by atoms with Gasteiger partial charge in [-0.25, -0.2) is 4.79 Å². The van der Waals surface area contributed by atoms with E-state index in [-0.39, 0.29) is 12.0 Å². The second kappa shape index (κ2) is 5.25. The molecule has 0 atom stereocenters. The largest absolute Gasteiger partial charge is 0.478 e. The van der Waals surface area contributed by atoms with Crippen molar-refractivity contribution in [1.29, 1.82) is 0 Å². The van der Waals surface area contributed by atoms with Crippen LogP contribution in [0.25, 0.3) is 10.1 Å². The van der Waals surface area contributed by atoms with E-state index in [1.807, 2.05) is 12.1 Å². The van der Waals surface area contributed by atoms with Crippen LogP contribution in [0.5, 0.6) is 0 Å². The maximum absolute atomic E-state index is 11.9. The number of carboxylic acids is 1. The number of carbonyl (C=O) groups is 2. The van der Waals surface area contributed by atoms with E-state index in [9.17, 15) is 14.7 Å². The number of ether oxygens (including phenoxy) is 1. The van der Waals surface area contributed by atoms with E-state index < -0.39 is 17.5 Å². The molecule has 20 heavy (non-hydrogen) atoms. The first kappa shape index (κ1) is 14.5. The van der Waals surface area contributed by atoms with Crippen molar-refractivity contribution in [2.24, 2.45) is 0 Å². The van der Waals surface area contributed by atoms with Crippen LogP contribution < -0.4 is 0 Å². The number of fused-ring (bicyclic) bond motifs is 1. The van der Waals surface area contributed by atoms with Crippen LogP contribution in [-0.2, 0) is 16.0 Å². The fourth-order valence-corrected chi connectivity index (χ4v) is 3.15. The number of benzene rings is 1. The minimum absolute atomic E-state index is 0.0156. The maximum atomic E-state index is 11.9. The second-order valence-electron chi connectivity index (χ2n) is 5.46. The Morgan fingerprint density at radius 3 is 2.50 bits per heavy atom. The van der Waals surface area contributed by atoms with Gasteiger partial charge in [0.25, 0.3) is 0 Å². The number of esters is 1. The summed E-state index contributed by atoms with van der Waals surface area (Å²) in [5.74, 6) is -1.42. The minimum atomic E-state index is -1.01. The zero-order valence-electron chi connectivity index (χ0n) is 11.6. The Hall–Kier alpha value is -1.88. The zero-order chi connectivity index (χ0) is 14.9. The van der Waals surface area contributed by atoms with Gasteiger partial charge in [0.05, 0.1) is 12.0 Å². The van der Waals surface area contributed by atoms with Crippen molar-refractivity contribution in [3.63, 3.8) is 0 Å². The molecule has 0 fully saturated rings. The molecule has 0 aliphatic heterocycles. The van der Waals surface area contributed by atoms with E-state index in [0.29, 0.717) is 10.3 Å². The Kier molecular flexibility index (Phi) is 3.81. The third kappa shape index (κ3) is 3.17. The predicted octanol–water partition coefficient (Wildman–Crippen LogP) is 3.48. The van der Waals surface area contributed by atoms with Gasteiger partial charge in [0.1, 0.15) is 5.60 Å². The van der Waals surface area contributed by atoms with Gasteiger partial charge in [0.2, 0.25) is 0 Å². The highest BCUT2D eigenvalue weighted by Gasteiger charge is 2.23. The summed E-state index contributed by atoms with van der Waals surface area (Å²) in [5, 5.41) is 10.0. The van der Waals surface area contributed by atoms with Gasteiger partial charge in [-0.1, -0.05) is 18.2 Å². The average Bonchev–Trinajstić information content (AvgIpc) is 2.63. The molecule has 1 N–H and O–H groups in total. The fourth-order valence-electron chi connectivity index (χ4n) is 1.96. The fraction of sp³-hybridized carbons (Fsp3) is 0.333. The first-order valence-corrected chi connectivity index (χ1v) is 7.05. The topological polar surface area (TPSA) is 63.6 Å². The Bertz CT molecular complexity index is 664. The van der Waals surface area contributed by atoms with Gasteiger partial charge in [-0.2, -0.15) is 0 Å². The van der Waals surface area contributed by atoms with Gasteiger partial charge in [-0.3, -0.25) is 4.79 Å². The second-order valence-corrected chi connectivity index (χ2v) is 6.60. The van der Waals surface area contributed by atoms with Crippen LogP contribution in [0.15, 0.2) is 24.3 Å². The lowest BCUT2D eigenvalue weighted by molar-refractivity contribution is -0.153. The van der Waals surface area contributed by atoms with Crippen LogP contribution in [0.4, 0.5) is 0 Å². The summed E-state index contributed by atoms with van der Waals surface area (Å²) < 4.78 is 6.11. The van der Waals surface area contributed by atoms with Crippen LogP contribution in [0.2, 0.25) is 0 Å². The normalized spacial score (nSPS) is 11.6. The standard InChI is InChI=1S/C15H16O4S/c1-15(2,3)19-12(16)8-11-13(14(17)18)9-6-4-5-7-10(9)20-11/h4-7H,8H2,1-3H3,(H,17,18). The Labute approximate surface area is 121 Å². The number of carboxylic acid groups (broad SMARTS) is 1. The molecule has 0 aliphatic carbocycles. The number of hydrogen-bond acceptors (Lipinski definition) is 4. The van der Waals surface area contributed by atoms with Crippen molar-refractivity contribution in [2.45, 2.75) is 32.8 Å². The highest BCUT2D eigenvalue weighted by atomic mass is 32.1. The maximum Gasteiger partial charge on any atom is 0.337 e. The van der Waals surface area contributed by atoms with Gasteiger partial charge in [-0.05, 0) is 26.8 Å². The molecular formula is C15H16O4S. The van der Waals surface area contributed by atoms with E-state index in [0.717, 1.165) is 4.70 Å². The number of hydrogen-bond donors (Lipinski definition) is 1. The molecule has 0 amide bonds. The van der Waals surface area contributed by atoms with Crippen molar-refractivity contribution in [3.05, 3.63) is 34.7 Å². The third-order valence-corrected chi connectivity index (χ3v) is 3.78. The minimum Gasteiger partial charge on any atom is -0.478 e. The van der Waals surface area contributed by atoms with Gasteiger partial charge in [0.15, 0.2) is 0 Å². The molecular weight excluding hydrogens is 276 g/mol. The van der Waals surface area contributed by atoms with Gasteiger partial charge in [-0.15, -0.1) is 11.3 Å². The van der Waals surface area contributed by atoms with Gasteiger partial charge < -0.3 is 9.84 Å². The molecule has 0 radical (unpaired) electrons. The Morgan fingerprint density at radius 2 is 1.90 bits per heavy atom. The molecule has 2 aromatic rings. The van der Waals surface area contributed by atoms with Gasteiger partial charge in [0, 0.05) is 15.0 Å². The van der Waals surface area contributed by atoms with E-state index in [1.54, 1.807) is 32.9 Å². The first-order chi connectivity index (χ1) is 9.28. The summed E-state index contributed by atoms with van der Waals surface area (Å²) in [6, 6.07) is 7.25. The van der Waals surface area contributed by atoms with Crippen molar-refractivity contribution in [3.8, 4) is 0 Å². The highest BCUT2D eigenvalue weighted by molar-refractivity contribution is 7.19. The number of carbonyl (C=O) groups excluding carboxylic acids is 1. The molecule has 1 aromatic carbocycles. The molecule has 0 spiro atoms. The molecule has 0 aliphatic rings. The van der Waals surface area contributed by atoms with Crippen LogP contribution >= 0.6 is 11.3 Å². The van der Waals surface area contributed by atoms with E-state index >= 15 is 0 Å². The lowest BCUT2D eigenvalue weighted by Crippen LogP contribution is -2.25. The molecule has 106 valence electrons. The smallest absolute Gasteiger partial charge is 0.337 e. The summed E-state index contributed by atoms with van der Waals surface area (Å²) in [5.41, 5.74) is -0.367. The van der Waals surface area contributed by atoms with Crippen LogP contribution in [0.3, 0.4) is 0 Å². The quantitative estimate of drug-likeness (QED) is 0.880. The first-order valence-electron chi connectivity index (χ1n) is 6.23. The van der Waals surface area contributed by atoms with E-state index in [4.69, 9.17) is 4.74 Å². The van der Waals surface area contributed by atoms with Crippen molar-refractivity contribution in [2.75, 3.05) is 0 Å². The van der Waals surface area contributed by atoms with Gasteiger partial charge >= 0.3 is 11.9 Å². The van der Waals surface area contributed by atoms with Crippen molar-refractivity contribution < 1.29 is 19.4 Å². The molecule has 1 heterocycles. The zero-order valence-corrected chi connectivity index (χ0v) is 12.4. The van der Waals surface area contributed by atoms with E-state index in [2.05, 4.69) is 0 Å². The lowest BCUT2D eigenvalue weighted by atomic mass is 10.1.